The van der Waals surface area contributed by atoms with Crippen LogP contribution in [0.3, 0.4) is 0 Å². The molecule has 1 spiro atoms. The van der Waals surface area contributed by atoms with Gasteiger partial charge in [0, 0.05) is 24.9 Å². The number of aliphatic carboxylic acids is 1. The maximum Gasteiger partial charge on any atom is 0.490 e. The number of morpholine rings is 1. The van der Waals surface area contributed by atoms with E-state index in [4.69, 9.17) is 19.4 Å². The molecule has 178 valence electrons. The Bertz CT molecular complexity index is 930. The van der Waals surface area contributed by atoms with E-state index in [-0.39, 0.29) is 17.4 Å². The molecule has 33 heavy (non-hydrogen) atoms. The first kappa shape index (κ1) is 24.4. The minimum absolute atomic E-state index is 0.0212. The van der Waals surface area contributed by atoms with Gasteiger partial charge in [-0.25, -0.2) is 4.79 Å². The Labute approximate surface area is 188 Å². The lowest BCUT2D eigenvalue weighted by atomic mass is 9.89. The Morgan fingerprint density at radius 1 is 1.24 bits per heavy atom. The zero-order valence-corrected chi connectivity index (χ0v) is 17.7. The number of nitrogens with zero attached hydrogens (tertiary/aromatic N) is 3. The molecular weight excluding hydrogens is 443 g/mol. The second-order valence-corrected chi connectivity index (χ2v) is 7.75. The van der Waals surface area contributed by atoms with Gasteiger partial charge < -0.3 is 19.5 Å². The zero-order chi connectivity index (χ0) is 23.9. The van der Waals surface area contributed by atoms with Crippen molar-refractivity contribution in [2.75, 3.05) is 26.3 Å². The SMILES string of the molecule is O=C(O)C(F)(F)F.O=C(c1ccccn1)N1CCO[C@]2(CCC[C@H]2COc2cccnc2)C1. The summed E-state index contributed by atoms with van der Waals surface area (Å²) in [7, 11) is 0. The predicted molar refractivity (Wildman–Crippen MR) is 110 cm³/mol. The highest BCUT2D eigenvalue weighted by Gasteiger charge is 2.48. The third-order valence-electron chi connectivity index (χ3n) is 5.61. The monoisotopic (exact) mass is 467 g/mol. The fourth-order valence-corrected chi connectivity index (χ4v) is 4.01. The van der Waals surface area contributed by atoms with Crippen LogP contribution in [0, 0.1) is 5.92 Å². The predicted octanol–water partition coefficient (Wildman–Crippen LogP) is 3.20. The zero-order valence-electron chi connectivity index (χ0n) is 17.7. The van der Waals surface area contributed by atoms with Crippen LogP contribution in [-0.2, 0) is 9.53 Å². The van der Waals surface area contributed by atoms with Crippen molar-refractivity contribution in [3.8, 4) is 5.75 Å². The summed E-state index contributed by atoms with van der Waals surface area (Å²) in [5.74, 6) is -1.74. The Morgan fingerprint density at radius 2 is 2.03 bits per heavy atom. The van der Waals surface area contributed by atoms with E-state index >= 15 is 0 Å². The minimum atomic E-state index is -5.08. The van der Waals surface area contributed by atoms with Crippen molar-refractivity contribution in [2.24, 2.45) is 5.92 Å². The Balaban J connectivity index is 0.000000383. The molecule has 1 aliphatic heterocycles. The molecule has 1 aliphatic carbocycles. The lowest BCUT2D eigenvalue weighted by molar-refractivity contribution is -0.192. The molecular formula is C22H24F3N3O5. The fourth-order valence-electron chi connectivity index (χ4n) is 4.01. The van der Waals surface area contributed by atoms with Gasteiger partial charge in [-0.3, -0.25) is 14.8 Å². The maximum absolute atomic E-state index is 12.8. The van der Waals surface area contributed by atoms with Gasteiger partial charge in [-0.2, -0.15) is 13.2 Å². The topological polar surface area (TPSA) is 102 Å². The molecule has 1 saturated heterocycles. The van der Waals surface area contributed by atoms with Gasteiger partial charge in [0.1, 0.15) is 11.4 Å². The van der Waals surface area contributed by atoms with Crippen LogP contribution in [0.5, 0.6) is 5.75 Å². The van der Waals surface area contributed by atoms with E-state index in [2.05, 4.69) is 9.97 Å². The molecule has 1 amide bonds. The highest BCUT2D eigenvalue weighted by Crippen LogP contribution is 2.41. The third-order valence-corrected chi connectivity index (χ3v) is 5.61. The van der Waals surface area contributed by atoms with Crippen LogP contribution in [0.2, 0.25) is 0 Å². The quantitative estimate of drug-likeness (QED) is 0.737. The first-order valence-electron chi connectivity index (χ1n) is 10.4. The molecule has 4 rings (SSSR count). The molecule has 0 unspecified atom stereocenters. The molecule has 3 heterocycles. The molecule has 2 atom stereocenters. The summed E-state index contributed by atoms with van der Waals surface area (Å²) in [6.07, 6.45) is 3.12. The lowest BCUT2D eigenvalue weighted by Crippen LogP contribution is -2.56. The largest absolute Gasteiger partial charge is 0.492 e. The molecule has 0 radical (unpaired) electrons. The number of hydrogen-bond acceptors (Lipinski definition) is 6. The molecule has 0 bridgehead atoms. The Hall–Kier alpha value is -3.21. The second-order valence-electron chi connectivity index (χ2n) is 7.75. The van der Waals surface area contributed by atoms with Crippen LogP contribution in [0.25, 0.3) is 0 Å². The van der Waals surface area contributed by atoms with Gasteiger partial charge in [0.05, 0.1) is 31.6 Å². The molecule has 1 saturated carbocycles. The van der Waals surface area contributed by atoms with Gasteiger partial charge in [-0.15, -0.1) is 0 Å². The summed E-state index contributed by atoms with van der Waals surface area (Å²) in [5.41, 5.74) is 0.177. The van der Waals surface area contributed by atoms with E-state index in [9.17, 15) is 18.0 Å². The summed E-state index contributed by atoms with van der Waals surface area (Å²) in [6.45, 7) is 2.34. The fraction of sp³-hybridized carbons (Fsp3) is 0.455. The van der Waals surface area contributed by atoms with Crippen LogP contribution < -0.4 is 4.74 Å². The molecule has 8 nitrogen and oxygen atoms in total. The van der Waals surface area contributed by atoms with E-state index in [0.29, 0.717) is 32.0 Å². The average molecular weight is 467 g/mol. The van der Waals surface area contributed by atoms with Crippen LogP contribution in [0.15, 0.2) is 48.9 Å². The summed E-state index contributed by atoms with van der Waals surface area (Å²) in [4.78, 5) is 31.9. The number of carbonyl (C=O) groups excluding carboxylic acids is 1. The number of pyridine rings is 2. The average Bonchev–Trinajstić information content (AvgIpc) is 3.19. The summed E-state index contributed by atoms with van der Waals surface area (Å²) in [6, 6.07) is 9.20. The first-order chi connectivity index (χ1) is 15.7. The number of carboxylic acid groups (broad SMARTS) is 1. The van der Waals surface area contributed by atoms with E-state index in [1.54, 1.807) is 24.7 Å². The number of hydrogen-bond donors (Lipinski definition) is 1. The number of amides is 1. The van der Waals surface area contributed by atoms with Crippen molar-refractivity contribution in [3.05, 3.63) is 54.6 Å². The first-order valence-corrected chi connectivity index (χ1v) is 10.4. The number of rotatable bonds is 4. The van der Waals surface area contributed by atoms with Gasteiger partial charge in [0.2, 0.25) is 0 Å². The summed E-state index contributed by atoms with van der Waals surface area (Å²) < 4.78 is 43.9. The van der Waals surface area contributed by atoms with E-state index < -0.39 is 12.1 Å². The number of carboxylic acids is 1. The van der Waals surface area contributed by atoms with E-state index in [0.717, 1.165) is 25.0 Å². The molecule has 2 aromatic heterocycles. The number of ether oxygens (including phenoxy) is 2. The molecule has 11 heteroatoms. The van der Waals surface area contributed by atoms with Gasteiger partial charge in [-0.05, 0) is 43.5 Å². The molecule has 0 aromatic carbocycles. The molecule has 2 aliphatic rings. The van der Waals surface area contributed by atoms with Crippen LogP contribution >= 0.6 is 0 Å². The van der Waals surface area contributed by atoms with Crippen molar-refractivity contribution in [1.82, 2.24) is 14.9 Å². The van der Waals surface area contributed by atoms with E-state index in [1.807, 2.05) is 29.2 Å². The number of carbonyl (C=O) groups is 2. The van der Waals surface area contributed by atoms with Crippen LogP contribution in [0.1, 0.15) is 29.8 Å². The smallest absolute Gasteiger partial charge is 0.490 e. The van der Waals surface area contributed by atoms with Gasteiger partial charge in [0.15, 0.2) is 0 Å². The standard InChI is InChI=1S/C20H23N3O3.C2HF3O2/c24-19(18-7-1-2-10-22-18)23-11-12-26-20(15-23)8-3-5-16(20)14-25-17-6-4-9-21-13-17;3-2(4,5)1(6)7/h1-2,4,6-7,9-10,13,16H,3,5,8,11-12,14-15H2;(H,6,7)/t16-,20+;/m0./s1. The van der Waals surface area contributed by atoms with Crippen LogP contribution in [-0.4, -0.2) is 69.9 Å². The lowest BCUT2D eigenvalue weighted by Gasteiger charge is -2.43. The molecule has 1 N–H and O–H groups in total. The van der Waals surface area contributed by atoms with Crippen molar-refractivity contribution in [3.63, 3.8) is 0 Å². The van der Waals surface area contributed by atoms with Crippen LogP contribution in [0.4, 0.5) is 13.2 Å². The van der Waals surface area contributed by atoms with Crippen molar-refractivity contribution < 1.29 is 37.3 Å². The number of aromatic nitrogens is 2. The normalized spacial score (nSPS) is 22.4. The van der Waals surface area contributed by atoms with Crippen molar-refractivity contribution >= 4 is 11.9 Å². The van der Waals surface area contributed by atoms with Crippen molar-refractivity contribution in [1.29, 1.82) is 0 Å². The van der Waals surface area contributed by atoms with Gasteiger partial charge >= 0.3 is 12.1 Å². The third kappa shape index (κ3) is 6.41. The Kier molecular flexibility index (Phi) is 7.85. The Morgan fingerprint density at radius 3 is 2.67 bits per heavy atom. The second kappa shape index (κ2) is 10.6. The molecule has 2 fully saturated rings. The molecule has 2 aromatic rings. The van der Waals surface area contributed by atoms with E-state index in [1.165, 1.54) is 0 Å². The van der Waals surface area contributed by atoms with Crippen molar-refractivity contribution in [2.45, 2.75) is 31.0 Å². The number of alkyl halides is 3. The van der Waals surface area contributed by atoms with Gasteiger partial charge in [-0.1, -0.05) is 6.07 Å². The summed E-state index contributed by atoms with van der Waals surface area (Å²) in [5, 5.41) is 7.12. The minimum Gasteiger partial charge on any atom is -0.492 e. The summed E-state index contributed by atoms with van der Waals surface area (Å²) >= 11 is 0. The highest BCUT2D eigenvalue weighted by molar-refractivity contribution is 5.92. The van der Waals surface area contributed by atoms with Gasteiger partial charge in [0.25, 0.3) is 5.91 Å². The maximum atomic E-state index is 12.8. The number of halogens is 3. The highest BCUT2D eigenvalue weighted by atomic mass is 19.4.